The molecule has 188 valence electrons. The quantitative estimate of drug-likeness (QED) is 0.386. The zero-order valence-electron chi connectivity index (χ0n) is 21.4. The van der Waals surface area contributed by atoms with Crippen LogP contribution in [0.25, 0.3) is 5.57 Å². The lowest BCUT2D eigenvalue weighted by Gasteiger charge is -2.50. The molecule has 5 heteroatoms. The van der Waals surface area contributed by atoms with Gasteiger partial charge in [-0.25, -0.2) is 4.79 Å². The van der Waals surface area contributed by atoms with E-state index in [1.807, 2.05) is 71.6 Å². The molecule has 0 saturated carbocycles. The fourth-order valence-electron chi connectivity index (χ4n) is 5.87. The number of hydrogen-bond donors (Lipinski definition) is 1. The van der Waals surface area contributed by atoms with Crippen molar-refractivity contribution >= 4 is 17.4 Å². The first-order valence-electron chi connectivity index (χ1n) is 12.6. The lowest BCUT2D eigenvalue weighted by atomic mass is 9.58. The minimum atomic E-state index is -0.925. The molecule has 5 nitrogen and oxygen atoms in total. The lowest BCUT2D eigenvalue weighted by Crippen LogP contribution is -2.48. The molecule has 1 amide bonds. The highest BCUT2D eigenvalue weighted by molar-refractivity contribution is 5.97. The number of fused-ring (bicyclic) bond motifs is 1. The first-order valence-corrected chi connectivity index (χ1v) is 12.6. The van der Waals surface area contributed by atoms with Crippen LogP contribution in [0.1, 0.15) is 53.5 Å². The van der Waals surface area contributed by atoms with Gasteiger partial charge >= 0.3 is 5.97 Å². The minimum Gasteiger partial charge on any atom is -0.478 e. The van der Waals surface area contributed by atoms with Crippen molar-refractivity contribution in [3.05, 3.63) is 113 Å². The largest absolute Gasteiger partial charge is 0.478 e. The van der Waals surface area contributed by atoms with Gasteiger partial charge in [-0.05, 0) is 54.0 Å². The number of amides is 1. The molecule has 1 heterocycles. The highest BCUT2D eigenvalue weighted by atomic mass is 16.5. The van der Waals surface area contributed by atoms with Gasteiger partial charge < -0.3 is 14.7 Å². The van der Waals surface area contributed by atoms with E-state index in [0.717, 1.165) is 12.0 Å². The maximum Gasteiger partial charge on any atom is 0.335 e. The average molecular weight is 494 g/mol. The fourth-order valence-corrected chi connectivity index (χ4v) is 5.87. The predicted octanol–water partition coefficient (Wildman–Crippen LogP) is 7.08. The molecule has 1 aliphatic heterocycles. The summed E-state index contributed by atoms with van der Waals surface area (Å²) in [6.45, 7) is 7.80. The summed E-state index contributed by atoms with van der Waals surface area (Å²) < 4.78 is 6.06. The molecule has 37 heavy (non-hydrogen) atoms. The van der Waals surface area contributed by atoms with Gasteiger partial charge in [0.25, 0.3) is 5.91 Å². The Labute approximate surface area is 217 Å². The number of carboxylic acids is 1. The SMILES string of the molecule is CC1(C)C(c2ccc(C(=O)O)cc2)=CC[C@]2(C)CN(C(=O)c3ccccc3Oc3ccccc3)CC=C12. The molecule has 0 bridgehead atoms. The van der Waals surface area contributed by atoms with Gasteiger partial charge in [0.2, 0.25) is 0 Å². The predicted molar refractivity (Wildman–Crippen MR) is 145 cm³/mol. The van der Waals surface area contributed by atoms with Crippen molar-refractivity contribution in [1.29, 1.82) is 0 Å². The third-order valence-corrected chi connectivity index (χ3v) is 7.63. The summed E-state index contributed by atoms with van der Waals surface area (Å²) in [5.41, 5.74) is 3.93. The van der Waals surface area contributed by atoms with Crippen molar-refractivity contribution < 1.29 is 19.4 Å². The maximum absolute atomic E-state index is 13.7. The molecule has 1 N–H and O–H groups in total. The van der Waals surface area contributed by atoms with Gasteiger partial charge in [0.1, 0.15) is 11.5 Å². The van der Waals surface area contributed by atoms with Crippen LogP contribution in [0.5, 0.6) is 11.5 Å². The number of hydrogen-bond acceptors (Lipinski definition) is 3. The first kappa shape index (κ1) is 24.6. The Hall–Kier alpha value is -4.12. The molecule has 0 radical (unpaired) electrons. The molecular weight excluding hydrogens is 462 g/mol. The van der Waals surface area contributed by atoms with Gasteiger partial charge in [-0.1, -0.05) is 81.0 Å². The number of nitrogens with zero attached hydrogens (tertiary/aromatic N) is 1. The number of aromatic carboxylic acids is 1. The molecule has 3 aromatic carbocycles. The number of rotatable bonds is 5. The Morgan fingerprint density at radius 2 is 1.54 bits per heavy atom. The maximum atomic E-state index is 13.7. The second kappa shape index (κ2) is 9.40. The molecule has 0 saturated heterocycles. The van der Waals surface area contributed by atoms with Crippen LogP contribution in [0.2, 0.25) is 0 Å². The van der Waals surface area contributed by atoms with Crippen molar-refractivity contribution in [1.82, 2.24) is 4.90 Å². The highest BCUT2D eigenvalue weighted by Crippen LogP contribution is 2.55. The number of carbonyl (C=O) groups is 2. The second-order valence-corrected chi connectivity index (χ2v) is 10.6. The van der Waals surface area contributed by atoms with Crippen LogP contribution in [0.3, 0.4) is 0 Å². The van der Waals surface area contributed by atoms with Gasteiger partial charge in [0.05, 0.1) is 11.1 Å². The molecular formula is C32H31NO4. The Morgan fingerprint density at radius 1 is 0.865 bits per heavy atom. The van der Waals surface area contributed by atoms with Crippen LogP contribution in [0.15, 0.2) is 96.6 Å². The summed E-state index contributed by atoms with van der Waals surface area (Å²) in [6, 6.07) is 24.0. The average Bonchev–Trinajstić information content (AvgIpc) is 2.89. The normalized spacial score (nSPS) is 20.4. The number of allylic oxidation sites excluding steroid dienone is 2. The van der Waals surface area contributed by atoms with Crippen LogP contribution >= 0.6 is 0 Å². The van der Waals surface area contributed by atoms with E-state index in [-0.39, 0.29) is 22.3 Å². The zero-order valence-corrected chi connectivity index (χ0v) is 21.4. The number of para-hydroxylation sites is 2. The summed E-state index contributed by atoms with van der Waals surface area (Å²) in [4.78, 5) is 26.9. The zero-order chi connectivity index (χ0) is 26.2. The van der Waals surface area contributed by atoms with Gasteiger partial charge in [0.15, 0.2) is 0 Å². The number of carboxylic acid groups (broad SMARTS) is 1. The fraction of sp³-hybridized carbons (Fsp3) is 0.250. The van der Waals surface area contributed by atoms with Crippen molar-refractivity contribution in [2.24, 2.45) is 10.8 Å². The third kappa shape index (κ3) is 4.57. The molecule has 0 unspecified atom stereocenters. The Morgan fingerprint density at radius 3 is 2.24 bits per heavy atom. The number of carbonyl (C=O) groups excluding carboxylic acids is 1. The standard InChI is InChI=1S/C32H31NO4/c1-31(2)26(22-13-15-23(16-14-22)30(35)36)17-19-32(3)21-33(20-18-28(31)32)29(34)25-11-7-8-12-27(25)37-24-9-5-4-6-10-24/h4-18H,19-21H2,1-3H3,(H,35,36)/t32-/m1/s1. The lowest BCUT2D eigenvalue weighted by molar-refractivity contribution is 0.0676. The van der Waals surface area contributed by atoms with Crippen molar-refractivity contribution in [2.45, 2.75) is 27.2 Å². The molecule has 0 aromatic heterocycles. The van der Waals surface area contributed by atoms with Gasteiger partial charge in [0, 0.05) is 23.9 Å². The van der Waals surface area contributed by atoms with Crippen LogP contribution in [-0.4, -0.2) is 35.0 Å². The molecule has 2 aliphatic rings. The number of ether oxygens (including phenoxy) is 1. The van der Waals surface area contributed by atoms with Gasteiger partial charge in [-0.3, -0.25) is 4.79 Å². The van der Waals surface area contributed by atoms with E-state index in [1.165, 1.54) is 11.1 Å². The summed E-state index contributed by atoms with van der Waals surface area (Å²) in [5, 5.41) is 9.26. The number of benzene rings is 3. The highest BCUT2D eigenvalue weighted by Gasteiger charge is 2.46. The minimum absolute atomic E-state index is 0.0418. The third-order valence-electron chi connectivity index (χ3n) is 7.63. The molecule has 5 rings (SSSR count). The molecule has 1 atom stereocenters. The second-order valence-electron chi connectivity index (χ2n) is 10.6. The van der Waals surface area contributed by atoms with Crippen molar-refractivity contribution in [3.8, 4) is 11.5 Å². The van der Waals surface area contributed by atoms with E-state index >= 15 is 0 Å². The van der Waals surface area contributed by atoms with Gasteiger partial charge in [-0.2, -0.15) is 0 Å². The summed E-state index contributed by atoms with van der Waals surface area (Å²) in [5.74, 6) is 0.277. The van der Waals surface area contributed by atoms with Crippen molar-refractivity contribution in [3.63, 3.8) is 0 Å². The van der Waals surface area contributed by atoms with Crippen LogP contribution in [0, 0.1) is 10.8 Å². The first-order chi connectivity index (χ1) is 17.7. The Balaban J connectivity index is 1.40. The summed E-state index contributed by atoms with van der Waals surface area (Å²) in [6.07, 6.45) is 5.26. The molecule has 0 fully saturated rings. The smallest absolute Gasteiger partial charge is 0.335 e. The monoisotopic (exact) mass is 493 g/mol. The molecule has 3 aromatic rings. The Kier molecular flexibility index (Phi) is 6.24. The van der Waals surface area contributed by atoms with Crippen LogP contribution in [-0.2, 0) is 0 Å². The van der Waals surface area contributed by atoms with E-state index in [9.17, 15) is 14.7 Å². The van der Waals surface area contributed by atoms with E-state index in [4.69, 9.17) is 4.74 Å². The van der Waals surface area contributed by atoms with E-state index < -0.39 is 5.97 Å². The van der Waals surface area contributed by atoms with Crippen LogP contribution < -0.4 is 4.74 Å². The van der Waals surface area contributed by atoms with Crippen molar-refractivity contribution in [2.75, 3.05) is 13.1 Å². The molecule has 1 aliphatic carbocycles. The van der Waals surface area contributed by atoms with Crippen LogP contribution in [0.4, 0.5) is 0 Å². The topological polar surface area (TPSA) is 66.8 Å². The van der Waals surface area contributed by atoms with E-state index in [0.29, 0.717) is 30.2 Å². The van der Waals surface area contributed by atoms with E-state index in [1.54, 1.807) is 12.1 Å². The summed E-state index contributed by atoms with van der Waals surface area (Å²) in [7, 11) is 0. The van der Waals surface area contributed by atoms with E-state index in [2.05, 4.69) is 32.9 Å². The Bertz CT molecular complexity index is 1400. The summed E-state index contributed by atoms with van der Waals surface area (Å²) >= 11 is 0. The van der Waals surface area contributed by atoms with Gasteiger partial charge in [-0.15, -0.1) is 0 Å². The molecule has 0 spiro atoms.